The largest absolute Gasteiger partial charge is 0.493 e. The number of hydrogen-bond acceptors (Lipinski definition) is 4. The van der Waals surface area contributed by atoms with Crippen LogP contribution in [0.3, 0.4) is 0 Å². The van der Waals surface area contributed by atoms with Crippen LogP contribution in [0, 0.1) is 0 Å². The lowest BCUT2D eigenvalue weighted by Gasteiger charge is -2.11. The van der Waals surface area contributed by atoms with Gasteiger partial charge in [-0.2, -0.15) is 0 Å². The summed E-state index contributed by atoms with van der Waals surface area (Å²) >= 11 is 1.31. The molecule has 0 unspecified atom stereocenters. The Morgan fingerprint density at radius 2 is 1.86 bits per heavy atom. The van der Waals surface area contributed by atoms with Crippen molar-refractivity contribution in [1.29, 1.82) is 0 Å². The minimum Gasteiger partial charge on any atom is -0.493 e. The molecule has 1 aromatic heterocycles. The SMILES string of the molecule is CCCCOc1ccccc1C(=O)NNC(=O)c1cccs1. The van der Waals surface area contributed by atoms with Gasteiger partial charge in [0.1, 0.15) is 5.75 Å². The third kappa shape index (κ3) is 4.33. The summed E-state index contributed by atoms with van der Waals surface area (Å²) in [5.41, 5.74) is 5.19. The maximum absolute atomic E-state index is 12.2. The summed E-state index contributed by atoms with van der Waals surface area (Å²) in [7, 11) is 0. The minimum absolute atomic E-state index is 0.340. The molecule has 5 nitrogen and oxygen atoms in total. The van der Waals surface area contributed by atoms with E-state index in [9.17, 15) is 9.59 Å². The van der Waals surface area contributed by atoms with Gasteiger partial charge in [-0.05, 0) is 30.0 Å². The monoisotopic (exact) mass is 318 g/mol. The number of rotatable bonds is 6. The van der Waals surface area contributed by atoms with E-state index in [2.05, 4.69) is 17.8 Å². The first-order valence-corrected chi connectivity index (χ1v) is 7.96. The van der Waals surface area contributed by atoms with Crippen molar-refractivity contribution in [3.8, 4) is 5.75 Å². The van der Waals surface area contributed by atoms with Gasteiger partial charge in [0.25, 0.3) is 11.8 Å². The number of carbonyl (C=O) groups excluding carboxylic acids is 2. The second-order valence-electron chi connectivity index (χ2n) is 4.58. The van der Waals surface area contributed by atoms with Crippen molar-refractivity contribution >= 4 is 23.2 Å². The van der Waals surface area contributed by atoms with E-state index in [1.165, 1.54) is 11.3 Å². The topological polar surface area (TPSA) is 67.4 Å². The predicted molar refractivity (Wildman–Crippen MR) is 86.1 cm³/mol. The molecule has 0 atom stereocenters. The first-order chi connectivity index (χ1) is 10.7. The average Bonchev–Trinajstić information content (AvgIpc) is 3.07. The van der Waals surface area contributed by atoms with E-state index in [4.69, 9.17) is 4.74 Å². The van der Waals surface area contributed by atoms with Crippen LogP contribution in [-0.2, 0) is 0 Å². The molecule has 0 spiro atoms. The highest BCUT2D eigenvalue weighted by Crippen LogP contribution is 2.18. The van der Waals surface area contributed by atoms with Gasteiger partial charge in [0.2, 0.25) is 0 Å². The zero-order valence-electron chi connectivity index (χ0n) is 12.3. The van der Waals surface area contributed by atoms with Gasteiger partial charge in [-0.1, -0.05) is 31.5 Å². The second-order valence-corrected chi connectivity index (χ2v) is 5.53. The Bertz CT molecular complexity index is 626. The molecule has 0 aliphatic rings. The van der Waals surface area contributed by atoms with Gasteiger partial charge in [-0.3, -0.25) is 20.4 Å². The lowest BCUT2D eigenvalue weighted by Crippen LogP contribution is -2.41. The van der Waals surface area contributed by atoms with Gasteiger partial charge < -0.3 is 4.74 Å². The molecule has 0 saturated heterocycles. The minimum atomic E-state index is -0.406. The highest BCUT2D eigenvalue weighted by Gasteiger charge is 2.13. The van der Waals surface area contributed by atoms with E-state index in [0.717, 1.165) is 12.8 Å². The Kier molecular flexibility index (Phi) is 5.97. The fraction of sp³-hybridized carbons (Fsp3) is 0.250. The number of benzene rings is 1. The Morgan fingerprint density at radius 3 is 2.59 bits per heavy atom. The fourth-order valence-electron chi connectivity index (χ4n) is 1.76. The van der Waals surface area contributed by atoms with Gasteiger partial charge in [-0.15, -0.1) is 11.3 Å². The van der Waals surface area contributed by atoms with Crippen molar-refractivity contribution in [2.24, 2.45) is 0 Å². The number of nitrogens with one attached hydrogen (secondary N) is 2. The molecule has 22 heavy (non-hydrogen) atoms. The lowest BCUT2D eigenvalue weighted by molar-refractivity contribution is 0.0846. The van der Waals surface area contributed by atoms with Crippen molar-refractivity contribution in [3.63, 3.8) is 0 Å². The Hall–Kier alpha value is -2.34. The predicted octanol–water partition coefficient (Wildman–Crippen LogP) is 3.00. The van der Waals surface area contributed by atoms with Gasteiger partial charge >= 0.3 is 0 Å². The van der Waals surface area contributed by atoms with Crippen LogP contribution in [-0.4, -0.2) is 18.4 Å². The van der Waals surface area contributed by atoms with Crippen LogP contribution in [0.15, 0.2) is 41.8 Å². The molecule has 2 amide bonds. The summed E-state index contributed by atoms with van der Waals surface area (Å²) in [6.07, 6.45) is 1.94. The van der Waals surface area contributed by atoms with Crippen molar-refractivity contribution in [2.75, 3.05) is 6.61 Å². The quantitative estimate of drug-likeness (QED) is 0.635. The van der Waals surface area contributed by atoms with Crippen molar-refractivity contribution in [3.05, 3.63) is 52.2 Å². The van der Waals surface area contributed by atoms with Crippen LogP contribution in [0.4, 0.5) is 0 Å². The fourth-order valence-corrected chi connectivity index (χ4v) is 2.38. The normalized spacial score (nSPS) is 10.0. The third-order valence-corrected chi connectivity index (χ3v) is 3.79. The molecule has 0 bridgehead atoms. The number of carbonyl (C=O) groups is 2. The van der Waals surface area contributed by atoms with E-state index in [1.54, 1.807) is 35.7 Å². The van der Waals surface area contributed by atoms with Crippen LogP contribution in [0.2, 0.25) is 0 Å². The van der Waals surface area contributed by atoms with E-state index in [0.29, 0.717) is 22.8 Å². The van der Waals surface area contributed by atoms with E-state index < -0.39 is 5.91 Å². The first kappa shape index (κ1) is 16.0. The highest BCUT2D eigenvalue weighted by molar-refractivity contribution is 7.12. The molecule has 0 saturated carbocycles. The molecular formula is C16H18N2O3S. The summed E-state index contributed by atoms with van der Waals surface area (Å²) in [5.74, 6) is -0.233. The Morgan fingerprint density at radius 1 is 1.09 bits per heavy atom. The number of amides is 2. The molecule has 2 aromatic rings. The molecule has 0 fully saturated rings. The lowest BCUT2D eigenvalue weighted by atomic mass is 10.2. The Balaban J connectivity index is 1.95. The summed E-state index contributed by atoms with van der Waals surface area (Å²) in [4.78, 5) is 24.5. The van der Waals surface area contributed by atoms with Gasteiger partial charge in [0, 0.05) is 0 Å². The maximum Gasteiger partial charge on any atom is 0.279 e. The number of para-hydroxylation sites is 1. The maximum atomic E-state index is 12.2. The zero-order valence-corrected chi connectivity index (χ0v) is 13.1. The number of ether oxygens (including phenoxy) is 1. The molecule has 2 rings (SSSR count). The Labute approximate surface area is 133 Å². The van der Waals surface area contributed by atoms with Crippen molar-refractivity contribution in [2.45, 2.75) is 19.8 Å². The molecular weight excluding hydrogens is 300 g/mol. The van der Waals surface area contributed by atoms with Crippen LogP contribution < -0.4 is 15.6 Å². The molecule has 116 valence electrons. The van der Waals surface area contributed by atoms with Crippen molar-refractivity contribution in [1.82, 2.24) is 10.9 Å². The number of unbranched alkanes of at least 4 members (excludes halogenated alkanes) is 1. The standard InChI is InChI=1S/C16H18N2O3S/c1-2-3-10-21-13-8-5-4-7-12(13)15(19)17-18-16(20)14-9-6-11-22-14/h4-9,11H,2-3,10H2,1H3,(H,17,19)(H,18,20). The first-order valence-electron chi connectivity index (χ1n) is 7.08. The molecule has 1 heterocycles. The van der Waals surface area contributed by atoms with Gasteiger partial charge in [0.15, 0.2) is 0 Å². The third-order valence-electron chi connectivity index (χ3n) is 2.92. The summed E-state index contributed by atoms with van der Waals surface area (Å²) < 4.78 is 5.61. The number of hydrogen-bond donors (Lipinski definition) is 2. The second kappa shape index (κ2) is 8.19. The number of thiophene rings is 1. The average molecular weight is 318 g/mol. The molecule has 6 heteroatoms. The van der Waals surface area contributed by atoms with E-state index >= 15 is 0 Å². The van der Waals surface area contributed by atoms with Crippen LogP contribution in [0.5, 0.6) is 5.75 Å². The molecule has 0 aliphatic carbocycles. The summed E-state index contributed by atoms with van der Waals surface area (Å²) in [5, 5.41) is 1.80. The van der Waals surface area contributed by atoms with Gasteiger partial charge in [-0.25, -0.2) is 0 Å². The van der Waals surface area contributed by atoms with Crippen LogP contribution >= 0.6 is 11.3 Å². The summed E-state index contributed by atoms with van der Waals surface area (Å²) in [6.45, 7) is 2.63. The van der Waals surface area contributed by atoms with Crippen molar-refractivity contribution < 1.29 is 14.3 Å². The van der Waals surface area contributed by atoms with Gasteiger partial charge in [0.05, 0.1) is 17.0 Å². The van der Waals surface area contributed by atoms with Crippen LogP contribution in [0.1, 0.15) is 39.8 Å². The molecule has 1 aromatic carbocycles. The smallest absolute Gasteiger partial charge is 0.279 e. The van der Waals surface area contributed by atoms with E-state index in [1.807, 2.05) is 6.07 Å². The van der Waals surface area contributed by atoms with E-state index in [-0.39, 0.29) is 5.91 Å². The number of hydrazine groups is 1. The molecule has 0 aliphatic heterocycles. The summed E-state index contributed by atoms with van der Waals surface area (Å²) in [6, 6.07) is 10.4. The highest BCUT2D eigenvalue weighted by atomic mass is 32.1. The zero-order chi connectivity index (χ0) is 15.8. The molecule has 0 radical (unpaired) electrons. The van der Waals surface area contributed by atoms with Crippen LogP contribution in [0.25, 0.3) is 0 Å². The molecule has 2 N–H and O–H groups in total.